The van der Waals surface area contributed by atoms with E-state index in [9.17, 15) is 14.4 Å². The topological polar surface area (TPSA) is 75.2 Å². The molecule has 2 aromatic carbocycles. The Morgan fingerprint density at radius 3 is 2.52 bits per heavy atom. The van der Waals surface area contributed by atoms with Crippen molar-refractivity contribution in [1.29, 1.82) is 0 Å². The van der Waals surface area contributed by atoms with Crippen molar-refractivity contribution in [2.75, 3.05) is 11.4 Å². The maximum Gasteiger partial charge on any atom is 0.329 e. The Hall–Kier alpha value is -3.15. The normalized spacial score (nSPS) is 16.7. The number of hydrogen-bond acceptors (Lipinski definition) is 3. The first-order chi connectivity index (χ1) is 13.8. The molecular formula is C23H25N3O3. The maximum atomic E-state index is 13.4. The van der Waals surface area contributed by atoms with Crippen LogP contribution < -0.4 is 16.1 Å². The van der Waals surface area contributed by atoms with E-state index in [1.165, 1.54) is 4.57 Å². The molecule has 0 radical (unpaired) electrons. The van der Waals surface area contributed by atoms with Crippen molar-refractivity contribution in [2.24, 2.45) is 11.3 Å². The van der Waals surface area contributed by atoms with Gasteiger partial charge in [-0.3, -0.25) is 19.1 Å². The molecule has 1 aliphatic rings. The number of aromatic nitrogens is 2. The zero-order chi connectivity index (χ0) is 20.8. The number of carbonyl (C=O) groups excluding carboxylic acids is 1. The smallest absolute Gasteiger partial charge is 0.310 e. The van der Waals surface area contributed by atoms with E-state index in [0.717, 1.165) is 17.7 Å². The van der Waals surface area contributed by atoms with E-state index in [1.807, 2.05) is 18.2 Å². The van der Waals surface area contributed by atoms with Crippen LogP contribution in [0, 0.1) is 11.3 Å². The van der Waals surface area contributed by atoms with Crippen LogP contribution in [0.3, 0.4) is 0 Å². The Bertz CT molecular complexity index is 1200. The molecule has 6 nitrogen and oxygen atoms in total. The van der Waals surface area contributed by atoms with Gasteiger partial charge in [0.2, 0.25) is 5.91 Å². The number of para-hydroxylation sites is 2. The van der Waals surface area contributed by atoms with Crippen molar-refractivity contribution in [1.82, 2.24) is 9.55 Å². The number of aromatic amines is 1. The van der Waals surface area contributed by atoms with E-state index in [1.54, 1.807) is 29.2 Å². The second-order valence-electron chi connectivity index (χ2n) is 8.76. The Kier molecular flexibility index (Phi) is 4.65. The zero-order valence-electron chi connectivity index (χ0n) is 16.9. The monoisotopic (exact) mass is 391 g/mol. The number of fused-ring (bicyclic) bond motifs is 2. The average molecular weight is 391 g/mol. The molecule has 1 N–H and O–H groups in total. The lowest BCUT2D eigenvalue weighted by molar-refractivity contribution is -0.119. The van der Waals surface area contributed by atoms with Crippen molar-refractivity contribution >= 4 is 22.5 Å². The molecule has 0 bridgehead atoms. The number of amides is 1. The number of hydrogen-bond donors (Lipinski definition) is 1. The molecule has 3 aromatic rings. The quantitative estimate of drug-likeness (QED) is 0.730. The predicted molar refractivity (Wildman–Crippen MR) is 114 cm³/mol. The third kappa shape index (κ3) is 3.50. The Morgan fingerprint density at radius 1 is 1.07 bits per heavy atom. The van der Waals surface area contributed by atoms with Crippen LogP contribution in [-0.4, -0.2) is 22.0 Å². The van der Waals surface area contributed by atoms with Gasteiger partial charge in [0.15, 0.2) is 0 Å². The summed E-state index contributed by atoms with van der Waals surface area (Å²) in [7, 11) is 0. The molecule has 0 fully saturated rings. The van der Waals surface area contributed by atoms with Crippen LogP contribution in [0.15, 0.2) is 58.1 Å². The van der Waals surface area contributed by atoms with Gasteiger partial charge in [-0.2, -0.15) is 0 Å². The minimum Gasteiger partial charge on any atom is -0.310 e. The predicted octanol–water partition coefficient (Wildman–Crippen LogP) is 2.94. The van der Waals surface area contributed by atoms with Gasteiger partial charge >= 0.3 is 5.69 Å². The molecule has 4 rings (SSSR count). The van der Waals surface area contributed by atoms with Crippen LogP contribution in [0.5, 0.6) is 0 Å². The minimum atomic E-state index is -0.570. The maximum absolute atomic E-state index is 13.4. The Morgan fingerprint density at radius 2 is 1.76 bits per heavy atom. The standard InChI is InChI=1S/C23H25N3O3/c1-23(2,3)16-12-15-8-4-6-10-18(15)25(13-16)20(27)14-26-19-11-7-5-9-17(19)21(28)24-22(26)29/h4-11,16H,12-14H2,1-3H3,(H,24,28,29). The lowest BCUT2D eigenvalue weighted by atomic mass is 9.75. The van der Waals surface area contributed by atoms with Crippen molar-refractivity contribution in [3.05, 3.63) is 74.9 Å². The van der Waals surface area contributed by atoms with Crippen LogP contribution in [-0.2, 0) is 17.8 Å². The van der Waals surface area contributed by atoms with Gasteiger partial charge in [-0.15, -0.1) is 0 Å². The fourth-order valence-electron chi connectivity index (χ4n) is 4.03. The average Bonchev–Trinajstić information content (AvgIpc) is 2.69. The molecule has 1 unspecified atom stereocenters. The lowest BCUT2D eigenvalue weighted by Crippen LogP contribution is -2.46. The first-order valence-electron chi connectivity index (χ1n) is 9.86. The van der Waals surface area contributed by atoms with E-state index in [-0.39, 0.29) is 17.9 Å². The molecule has 29 heavy (non-hydrogen) atoms. The van der Waals surface area contributed by atoms with Gasteiger partial charge < -0.3 is 4.90 Å². The van der Waals surface area contributed by atoms with Gasteiger partial charge in [-0.1, -0.05) is 51.1 Å². The van der Waals surface area contributed by atoms with Crippen molar-refractivity contribution in [2.45, 2.75) is 33.7 Å². The molecule has 1 aliphatic heterocycles. The van der Waals surface area contributed by atoms with Gasteiger partial charge in [0.05, 0.1) is 10.9 Å². The van der Waals surface area contributed by atoms with Gasteiger partial charge in [0.25, 0.3) is 5.56 Å². The summed E-state index contributed by atoms with van der Waals surface area (Å²) in [6, 6.07) is 14.8. The highest BCUT2D eigenvalue weighted by molar-refractivity contribution is 5.95. The summed E-state index contributed by atoms with van der Waals surface area (Å²) in [6.45, 7) is 7.05. The van der Waals surface area contributed by atoms with E-state index in [0.29, 0.717) is 23.4 Å². The first kappa shape index (κ1) is 19.2. The molecule has 150 valence electrons. The van der Waals surface area contributed by atoms with Gasteiger partial charge in [0.1, 0.15) is 6.54 Å². The SMILES string of the molecule is CC(C)(C)C1Cc2ccccc2N(C(=O)Cn2c(=O)[nH]c(=O)c3ccccc32)C1. The summed E-state index contributed by atoms with van der Waals surface area (Å²) < 4.78 is 1.35. The van der Waals surface area contributed by atoms with Gasteiger partial charge in [-0.05, 0) is 41.5 Å². The van der Waals surface area contributed by atoms with Crippen LogP contribution in [0.2, 0.25) is 0 Å². The third-order valence-electron chi connectivity index (χ3n) is 5.88. The summed E-state index contributed by atoms with van der Waals surface area (Å²) in [5, 5.41) is 0.395. The molecule has 0 aliphatic carbocycles. The number of anilines is 1. The summed E-state index contributed by atoms with van der Waals surface area (Å²) in [6.07, 6.45) is 0.922. The van der Waals surface area contributed by atoms with Gasteiger partial charge in [-0.25, -0.2) is 4.79 Å². The number of H-pyrrole nitrogens is 1. The highest BCUT2D eigenvalue weighted by atomic mass is 16.2. The van der Waals surface area contributed by atoms with E-state index in [2.05, 4.69) is 31.8 Å². The van der Waals surface area contributed by atoms with Crippen LogP contribution >= 0.6 is 0 Å². The fraction of sp³-hybridized carbons (Fsp3) is 0.348. The zero-order valence-corrected chi connectivity index (χ0v) is 16.9. The molecule has 1 atom stereocenters. The number of nitrogens with one attached hydrogen (secondary N) is 1. The highest BCUT2D eigenvalue weighted by Crippen LogP contribution is 2.38. The third-order valence-corrected chi connectivity index (χ3v) is 5.88. The summed E-state index contributed by atoms with van der Waals surface area (Å²) >= 11 is 0. The van der Waals surface area contributed by atoms with Crippen molar-refractivity contribution < 1.29 is 4.79 Å². The largest absolute Gasteiger partial charge is 0.329 e. The molecule has 1 amide bonds. The van der Waals surface area contributed by atoms with E-state index >= 15 is 0 Å². The highest BCUT2D eigenvalue weighted by Gasteiger charge is 2.34. The molecule has 0 saturated carbocycles. The fourth-order valence-corrected chi connectivity index (χ4v) is 4.03. The van der Waals surface area contributed by atoms with Crippen LogP contribution in [0.4, 0.5) is 5.69 Å². The summed E-state index contributed by atoms with van der Waals surface area (Å²) in [5.41, 5.74) is 1.55. The molecule has 1 aromatic heterocycles. The number of rotatable bonds is 2. The van der Waals surface area contributed by atoms with Crippen molar-refractivity contribution in [3.8, 4) is 0 Å². The minimum absolute atomic E-state index is 0.0492. The van der Waals surface area contributed by atoms with Crippen LogP contribution in [0.1, 0.15) is 26.3 Å². The molecular weight excluding hydrogens is 366 g/mol. The summed E-state index contributed by atoms with van der Waals surface area (Å²) in [4.78, 5) is 42.0. The number of nitrogens with zero attached hydrogens (tertiary/aromatic N) is 2. The van der Waals surface area contributed by atoms with E-state index < -0.39 is 11.2 Å². The molecule has 0 saturated heterocycles. The second-order valence-corrected chi connectivity index (χ2v) is 8.76. The lowest BCUT2D eigenvalue weighted by Gasteiger charge is -2.40. The van der Waals surface area contributed by atoms with Crippen molar-refractivity contribution in [3.63, 3.8) is 0 Å². The van der Waals surface area contributed by atoms with Crippen LogP contribution in [0.25, 0.3) is 10.9 Å². The number of benzene rings is 2. The van der Waals surface area contributed by atoms with E-state index in [4.69, 9.17) is 0 Å². The first-order valence-corrected chi connectivity index (χ1v) is 9.86. The molecule has 0 spiro atoms. The Balaban J connectivity index is 1.75. The second kappa shape index (κ2) is 7.03. The Labute approximate surface area is 168 Å². The van der Waals surface area contributed by atoms with Gasteiger partial charge in [0, 0.05) is 12.2 Å². The molecule has 6 heteroatoms. The number of carbonyl (C=O) groups is 1. The molecule has 2 heterocycles. The summed E-state index contributed by atoms with van der Waals surface area (Å²) in [5.74, 6) is 0.149.